The zero-order chi connectivity index (χ0) is 12.3. The van der Waals surface area contributed by atoms with E-state index in [2.05, 4.69) is 0 Å². The lowest BCUT2D eigenvalue weighted by Gasteiger charge is -2.38. The van der Waals surface area contributed by atoms with Crippen LogP contribution in [0.2, 0.25) is 0 Å². The smallest absolute Gasteiger partial charge is 0.319 e. The molecular formula is C11H18F3NO2. The van der Waals surface area contributed by atoms with E-state index in [-0.39, 0.29) is 13.2 Å². The summed E-state index contributed by atoms with van der Waals surface area (Å²) in [4.78, 5) is 1.21. The summed E-state index contributed by atoms with van der Waals surface area (Å²) >= 11 is 0. The maximum Gasteiger partial charge on any atom is 0.319 e. The minimum atomic E-state index is -3.50. The summed E-state index contributed by atoms with van der Waals surface area (Å²) in [6.07, 6.45) is -1.20. The Morgan fingerprint density at radius 2 is 1.82 bits per heavy atom. The molecule has 2 heterocycles. The van der Waals surface area contributed by atoms with Gasteiger partial charge in [0.25, 0.3) is 0 Å². The van der Waals surface area contributed by atoms with Crippen molar-refractivity contribution in [2.75, 3.05) is 32.9 Å². The van der Waals surface area contributed by atoms with Crippen LogP contribution in [-0.4, -0.2) is 56.1 Å². The molecule has 0 aromatic heterocycles. The molecule has 0 spiro atoms. The quantitative estimate of drug-likeness (QED) is 0.716. The Hall–Kier alpha value is -0.330. The number of hydrogen-bond donors (Lipinski definition) is 0. The highest BCUT2D eigenvalue weighted by Crippen LogP contribution is 2.32. The molecule has 0 bridgehead atoms. The third-order valence-electron chi connectivity index (χ3n) is 3.27. The van der Waals surface area contributed by atoms with Crippen LogP contribution in [0.3, 0.4) is 0 Å². The van der Waals surface area contributed by atoms with Gasteiger partial charge in [-0.05, 0) is 12.8 Å². The molecule has 2 atom stereocenters. The minimum Gasteiger partial charge on any atom is -0.376 e. The Morgan fingerprint density at radius 3 is 2.41 bits per heavy atom. The first kappa shape index (κ1) is 13.1. The molecule has 0 N–H and O–H groups in total. The summed E-state index contributed by atoms with van der Waals surface area (Å²) < 4.78 is 51.5. The minimum absolute atomic E-state index is 0.104. The number of halogens is 3. The summed E-state index contributed by atoms with van der Waals surface area (Å²) in [7, 11) is 0. The first-order chi connectivity index (χ1) is 8.12. The van der Waals surface area contributed by atoms with Crippen LogP contribution in [0, 0.1) is 0 Å². The van der Waals surface area contributed by atoms with Gasteiger partial charge in [0.15, 0.2) is 0 Å². The SMILES string of the molecule is FC(N1CCCCC1)C(F)(F)C1COCCO1. The van der Waals surface area contributed by atoms with Gasteiger partial charge in [0.2, 0.25) is 6.30 Å². The van der Waals surface area contributed by atoms with Gasteiger partial charge in [-0.1, -0.05) is 6.42 Å². The van der Waals surface area contributed by atoms with E-state index in [0.29, 0.717) is 19.7 Å². The number of hydrogen-bond acceptors (Lipinski definition) is 3. The van der Waals surface area contributed by atoms with Crippen LogP contribution in [0.5, 0.6) is 0 Å². The normalized spacial score (nSPS) is 30.2. The third kappa shape index (κ3) is 2.92. The zero-order valence-corrected chi connectivity index (χ0v) is 9.71. The standard InChI is InChI=1S/C11H18F3NO2/c12-10(15-4-2-1-3-5-15)11(13,14)9-8-16-6-7-17-9/h9-10H,1-8H2. The van der Waals surface area contributed by atoms with Crippen LogP contribution in [0.25, 0.3) is 0 Å². The molecule has 2 rings (SSSR count). The Balaban J connectivity index is 1.96. The highest BCUT2D eigenvalue weighted by atomic mass is 19.3. The molecular weight excluding hydrogens is 235 g/mol. The van der Waals surface area contributed by atoms with Crippen molar-refractivity contribution in [3.63, 3.8) is 0 Å². The first-order valence-corrected chi connectivity index (χ1v) is 6.07. The number of piperidine rings is 1. The van der Waals surface area contributed by atoms with Crippen molar-refractivity contribution in [1.82, 2.24) is 4.90 Å². The molecule has 6 heteroatoms. The highest BCUT2D eigenvalue weighted by molar-refractivity contribution is 4.88. The van der Waals surface area contributed by atoms with Crippen molar-refractivity contribution in [2.24, 2.45) is 0 Å². The Kier molecular flexibility index (Phi) is 4.27. The first-order valence-electron chi connectivity index (χ1n) is 6.07. The summed E-state index contributed by atoms with van der Waals surface area (Å²) in [5.74, 6) is -3.50. The van der Waals surface area contributed by atoms with E-state index in [1.807, 2.05) is 0 Å². The summed E-state index contributed by atoms with van der Waals surface area (Å²) in [5, 5.41) is 0. The van der Waals surface area contributed by atoms with Gasteiger partial charge < -0.3 is 9.47 Å². The fourth-order valence-electron chi connectivity index (χ4n) is 2.25. The number of nitrogens with zero attached hydrogens (tertiary/aromatic N) is 1. The molecule has 2 aliphatic rings. The van der Waals surface area contributed by atoms with Gasteiger partial charge in [-0.15, -0.1) is 0 Å². The van der Waals surface area contributed by atoms with Crippen molar-refractivity contribution >= 4 is 0 Å². The van der Waals surface area contributed by atoms with Crippen LogP contribution in [0.15, 0.2) is 0 Å². The number of likely N-dealkylation sites (tertiary alicyclic amines) is 1. The predicted octanol–water partition coefficient (Wildman–Crippen LogP) is 1.82. The topological polar surface area (TPSA) is 21.7 Å². The van der Waals surface area contributed by atoms with Crippen molar-refractivity contribution in [2.45, 2.75) is 37.6 Å². The predicted molar refractivity (Wildman–Crippen MR) is 55.8 cm³/mol. The van der Waals surface area contributed by atoms with Gasteiger partial charge in [-0.25, -0.2) is 4.39 Å². The molecule has 0 amide bonds. The monoisotopic (exact) mass is 253 g/mol. The second-order valence-electron chi connectivity index (χ2n) is 4.54. The lowest BCUT2D eigenvalue weighted by Crippen LogP contribution is -2.56. The highest BCUT2D eigenvalue weighted by Gasteiger charge is 2.52. The summed E-state index contributed by atoms with van der Waals surface area (Å²) in [5.41, 5.74) is 0. The van der Waals surface area contributed by atoms with E-state index in [1.54, 1.807) is 0 Å². The molecule has 0 aromatic rings. The van der Waals surface area contributed by atoms with Gasteiger partial charge in [0.1, 0.15) is 6.10 Å². The van der Waals surface area contributed by atoms with Crippen LogP contribution in [-0.2, 0) is 9.47 Å². The fourth-order valence-corrected chi connectivity index (χ4v) is 2.25. The average molecular weight is 253 g/mol. The van der Waals surface area contributed by atoms with Gasteiger partial charge in [0.05, 0.1) is 19.8 Å². The van der Waals surface area contributed by atoms with Crippen LogP contribution >= 0.6 is 0 Å². The van der Waals surface area contributed by atoms with Crippen LogP contribution in [0.4, 0.5) is 13.2 Å². The fraction of sp³-hybridized carbons (Fsp3) is 1.00. The molecule has 0 aliphatic carbocycles. The maximum absolute atomic E-state index is 13.9. The molecule has 2 fully saturated rings. The molecule has 100 valence electrons. The Bertz CT molecular complexity index is 241. The Labute approximate surface area is 98.9 Å². The van der Waals surface area contributed by atoms with Crippen molar-refractivity contribution in [3.05, 3.63) is 0 Å². The van der Waals surface area contributed by atoms with Gasteiger partial charge in [0, 0.05) is 13.1 Å². The molecule has 2 aliphatic heterocycles. The van der Waals surface area contributed by atoms with E-state index in [4.69, 9.17) is 9.47 Å². The molecule has 0 saturated carbocycles. The maximum atomic E-state index is 13.9. The van der Waals surface area contributed by atoms with Gasteiger partial charge >= 0.3 is 5.92 Å². The second kappa shape index (κ2) is 5.54. The number of rotatable bonds is 3. The Morgan fingerprint density at radius 1 is 1.12 bits per heavy atom. The lowest BCUT2D eigenvalue weighted by atomic mass is 10.1. The van der Waals surface area contributed by atoms with Crippen molar-refractivity contribution in [3.8, 4) is 0 Å². The molecule has 17 heavy (non-hydrogen) atoms. The average Bonchev–Trinajstić information content (AvgIpc) is 2.40. The van der Waals surface area contributed by atoms with Crippen LogP contribution < -0.4 is 0 Å². The third-order valence-corrected chi connectivity index (χ3v) is 3.27. The van der Waals surface area contributed by atoms with Gasteiger partial charge in [-0.2, -0.15) is 8.78 Å². The van der Waals surface area contributed by atoms with E-state index >= 15 is 0 Å². The summed E-state index contributed by atoms with van der Waals surface area (Å²) in [6, 6.07) is 0. The van der Waals surface area contributed by atoms with E-state index < -0.39 is 18.3 Å². The molecule has 0 radical (unpaired) electrons. The number of alkyl halides is 3. The summed E-state index contributed by atoms with van der Waals surface area (Å²) in [6.45, 7) is 0.955. The largest absolute Gasteiger partial charge is 0.376 e. The lowest BCUT2D eigenvalue weighted by molar-refractivity contribution is -0.243. The number of ether oxygens (including phenoxy) is 2. The molecule has 2 saturated heterocycles. The van der Waals surface area contributed by atoms with E-state index in [0.717, 1.165) is 19.3 Å². The van der Waals surface area contributed by atoms with Crippen molar-refractivity contribution in [1.29, 1.82) is 0 Å². The van der Waals surface area contributed by atoms with Gasteiger partial charge in [-0.3, -0.25) is 4.90 Å². The second-order valence-corrected chi connectivity index (χ2v) is 4.54. The van der Waals surface area contributed by atoms with Crippen molar-refractivity contribution < 1.29 is 22.6 Å². The van der Waals surface area contributed by atoms with E-state index in [1.165, 1.54) is 4.90 Å². The molecule has 0 aromatic carbocycles. The molecule has 2 unspecified atom stereocenters. The zero-order valence-electron chi connectivity index (χ0n) is 9.71. The molecule has 3 nitrogen and oxygen atoms in total. The van der Waals surface area contributed by atoms with Crippen LogP contribution in [0.1, 0.15) is 19.3 Å². The van der Waals surface area contributed by atoms with E-state index in [9.17, 15) is 13.2 Å².